The Bertz CT molecular complexity index is 788. The number of carbonyl (C=O) groups excluding carboxylic acids is 1. The number of benzene rings is 1. The number of fused-ring (bicyclic) bond motifs is 1. The second-order valence-electron chi connectivity index (χ2n) is 4.97. The lowest BCUT2D eigenvalue weighted by Crippen LogP contribution is -2.31. The first-order valence-electron chi connectivity index (χ1n) is 6.94. The van der Waals surface area contributed by atoms with E-state index in [0.717, 1.165) is 11.3 Å². The van der Waals surface area contributed by atoms with Crippen molar-refractivity contribution in [3.63, 3.8) is 0 Å². The van der Waals surface area contributed by atoms with Gasteiger partial charge in [0, 0.05) is 12.3 Å². The lowest BCUT2D eigenvalue weighted by molar-refractivity contribution is -0.116. The van der Waals surface area contributed by atoms with Gasteiger partial charge < -0.3 is 15.4 Å². The zero-order chi connectivity index (χ0) is 15.7. The summed E-state index contributed by atoms with van der Waals surface area (Å²) < 4.78 is 0. The summed E-state index contributed by atoms with van der Waals surface area (Å²) in [5.41, 5.74) is 0.902. The Morgan fingerprint density at radius 2 is 2.23 bits per heavy atom. The van der Waals surface area contributed by atoms with Crippen LogP contribution >= 0.6 is 11.8 Å². The monoisotopic (exact) mass is 317 g/mol. The number of hydrogen-bond donors (Lipinski definition) is 3. The first kappa shape index (κ1) is 14.6. The van der Waals surface area contributed by atoms with E-state index in [1.807, 2.05) is 6.92 Å². The highest BCUT2D eigenvalue weighted by atomic mass is 32.2. The third-order valence-corrected chi connectivity index (χ3v) is 4.24. The molecule has 1 atom stereocenters. The molecule has 2 aromatic rings. The van der Waals surface area contributed by atoms with E-state index >= 15 is 0 Å². The number of H-pyrrole nitrogens is 1. The fraction of sp³-hybridized carbons (Fsp3) is 0.267. The summed E-state index contributed by atoms with van der Waals surface area (Å²) in [5.74, 6) is 0.585. The number of phenols is 1. The standard InChI is InChI=1S/C15H15N3O3S/c1-2-22-15-17-13-12(14(21)18-15)10(7-11(20)16-13)8-4-3-5-9(19)6-8/h3-6,10,19H,2,7H2,1H3,(H2,16,17,18,20,21)/t10-/m1/s1. The smallest absolute Gasteiger partial charge is 0.257 e. The summed E-state index contributed by atoms with van der Waals surface area (Å²) in [6, 6.07) is 6.61. The largest absolute Gasteiger partial charge is 0.508 e. The Kier molecular flexibility index (Phi) is 3.89. The van der Waals surface area contributed by atoms with Gasteiger partial charge in [-0.05, 0) is 23.4 Å². The van der Waals surface area contributed by atoms with Gasteiger partial charge in [-0.2, -0.15) is 0 Å². The van der Waals surface area contributed by atoms with Gasteiger partial charge in [0.2, 0.25) is 5.91 Å². The lowest BCUT2D eigenvalue weighted by Gasteiger charge is -2.24. The van der Waals surface area contributed by atoms with Crippen molar-refractivity contribution in [2.75, 3.05) is 11.1 Å². The SMILES string of the molecule is CCSc1nc2c(c(=O)[nH]1)[C@@H](c1cccc(O)c1)CC(=O)N2. The number of nitrogens with one attached hydrogen (secondary N) is 2. The van der Waals surface area contributed by atoms with E-state index in [0.29, 0.717) is 16.5 Å². The summed E-state index contributed by atoms with van der Waals surface area (Å²) in [5, 5.41) is 12.8. The van der Waals surface area contributed by atoms with E-state index in [9.17, 15) is 14.7 Å². The van der Waals surface area contributed by atoms with E-state index in [4.69, 9.17) is 0 Å². The predicted octanol–water partition coefficient (Wildman–Crippen LogP) is 2.06. The van der Waals surface area contributed by atoms with Crippen LogP contribution in [0.3, 0.4) is 0 Å². The predicted molar refractivity (Wildman–Crippen MR) is 84.5 cm³/mol. The van der Waals surface area contributed by atoms with Crippen molar-refractivity contribution in [1.82, 2.24) is 9.97 Å². The maximum Gasteiger partial charge on any atom is 0.257 e. The van der Waals surface area contributed by atoms with Gasteiger partial charge in [0.05, 0.1) is 5.56 Å². The fourth-order valence-corrected chi connectivity index (χ4v) is 3.18. The van der Waals surface area contributed by atoms with Crippen molar-refractivity contribution in [2.24, 2.45) is 0 Å². The molecule has 1 aliphatic rings. The number of hydrogen-bond acceptors (Lipinski definition) is 5. The average Bonchev–Trinajstić information content (AvgIpc) is 2.46. The average molecular weight is 317 g/mol. The minimum atomic E-state index is -0.409. The van der Waals surface area contributed by atoms with Crippen LogP contribution < -0.4 is 10.9 Å². The van der Waals surface area contributed by atoms with Crippen LogP contribution in [0, 0.1) is 0 Å². The number of phenolic OH excluding ortho intramolecular Hbond substituents is 1. The van der Waals surface area contributed by atoms with Crippen LogP contribution in [0.4, 0.5) is 5.82 Å². The van der Waals surface area contributed by atoms with Gasteiger partial charge in [-0.25, -0.2) is 4.98 Å². The molecule has 0 aliphatic carbocycles. The Balaban J connectivity index is 2.13. The van der Waals surface area contributed by atoms with Gasteiger partial charge in [-0.15, -0.1) is 0 Å². The quantitative estimate of drug-likeness (QED) is 0.595. The first-order chi connectivity index (χ1) is 10.6. The third kappa shape index (κ3) is 2.71. The minimum absolute atomic E-state index is 0.104. The molecule has 3 rings (SSSR count). The zero-order valence-corrected chi connectivity index (χ0v) is 12.7. The molecule has 0 fully saturated rings. The van der Waals surface area contributed by atoms with Gasteiger partial charge in [-0.1, -0.05) is 30.8 Å². The Morgan fingerprint density at radius 1 is 1.41 bits per heavy atom. The van der Waals surface area contributed by atoms with Crippen LogP contribution in [0.15, 0.2) is 34.2 Å². The van der Waals surface area contributed by atoms with Gasteiger partial charge in [0.25, 0.3) is 5.56 Å². The van der Waals surface area contributed by atoms with Crippen LogP contribution in [0.5, 0.6) is 5.75 Å². The fourth-order valence-electron chi connectivity index (χ4n) is 2.58. The third-order valence-electron chi connectivity index (χ3n) is 3.48. The number of nitrogens with zero attached hydrogens (tertiary/aromatic N) is 1. The molecule has 1 aliphatic heterocycles. The molecule has 6 nitrogen and oxygen atoms in total. The van der Waals surface area contributed by atoms with E-state index in [-0.39, 0.29) is 23.6 Å². The molecule has 0 bridgehead atoms. The second kappa shape index (κ2) is 5.84. The van der Waals surface area contributed by atoms with Crippen molar-refractivity contribution >= 4 is 23.5 Å². The number of rotatable bonds is 3. The molecule has 0 unspecified atom stereocenters. The number of anilines is 1. The summed E-state index contributed by atoms with van der Waals surface area (Å²) in [7, 11) is 0. The number of aromatic nitrogens is 2. The van der Waals surface area contributed by atoms with Crippen LogP contribution in [0.25, 0.3) is 0 Å². The molecule has 3 N–H and O–H groups in total. The molecule has 0 spiro atoms. The van der Waals surface area contributed by atoms with Crippen LogP contribution in [0.2, 0.25) is 0 Å². The Hall–Kier alpha value is -2.28. The molecular formula is C15H15N3O3S. The van der Waals surface area contributed by atoms with E-state index in [1.54, 1.807) is 24.3 Å². The number of amides is 1. The first-order valence-corrected chi connectivity index (χ1v) is 7.93. The highest BCUT2D eigenvalue weighted by molar-refractivity contribution is 7.99. The van der Waals surface area contributed by atoms with E-state index in [2.05, 4.69) is 15.3 Å². The van der Waals surface area contributed by atoms with Gasteiger partial charge in [-0.3, -0.25) is 9.59 Å². The van der Waals surface area contributed by atoms with Crippen molar-refractivity contribution in [1.29, 1.82) is 0 Å². The van der Waals surface area contributed by atoms with Gasteiger partial charge in [0.1, 0.15) is 11.6 Å². The van der Waals surface area contributed by atoms with Gasteiger partial charge >= 0.3 is 0 Å². The minimum Gasteiger partial charge on any atom is -0.508 e. The van der Waals surface area contributed by atoms with Crippen LogP contribution in [-0.4, -0.2) is 26.7 Å². The number of aromatic hydroxyl groups is 1. The lowest BCUT2D eigenvalue weighted by atomic mass is 9.87. The molecule has 0 saturated heterocycles. The van der Waals surface area contributed by atoms with E-state index in [1.165, 1.54) is 11.8 Å². The molecule has 1 aromatic heterocycles. The Morgan fingerprint density at radius 3 is 2.95 bits per heavy atom. The zero-order valence-electron chi connectivity index (χ0n) is 11.9. The normalized spacial score (nSPS) is 17.0. The highest BCUT2D eigenvalue weighted by Gasteiger charge is 2.31. The second-order valence-corrected chi connectivity index (χ2v) is 6.22. The topological polar surface area (TPSA) is 95.1 Å². The summed E-state index contributed by atoms with van der Waals surface area (Å²) in [4.78, 5) is 31.4. The molecular weight excluding hydrogens is 302 g/mol. The van der Waals surface area contributed by atoms with Crippen molar-refractivity contribution in [3.8, 4) is 5.75 Å². The van der Waals surface area contributed by atoms with Crippen molar-refractivity contribution in [2.45, 2.75) is 24.4 Å². The van der Waals surface area contributed by atoms with E-state index < -0.39 is 5.92 Å². The molecule has 114 valence electrons. The number of aromatic amines is 1. The van der Waals surface area contributed by atoms with Crippen LogP contribution in [0.1, 0.15) is 30.4 Å². The summed E-state index contributed by atoms with van der Waals surface area (Å²) in [6.07, 6.45) is 0.154. The molecule has 0 saturated carbocycles. The summed E-state index contributed by atoms with van der Waals surface area (Å²) in [6.45, 7) is 1.96. The van der Waals surface area contributed by atoms with Crippen LogP contribution in [-0.2, 0) is 4.79 Å². The van der Waals surface area contributed by atoms with Gasteiger partial charge in [0.15, 0.2) is 5.16 Å². The maximum absolute atomic E-state index is 12.4. The number of carbonyl (C=O) groups is 1. The maximum atomic E-state index is 12.4. The molecule has 22 heavy (non-hydrogen) atoms. The molecule has 7 heteroatoms. The highest BCUT2D eigenvalue weighted by Crippen LogP contribution is 2.35. The molecule has 1 amide bonds. The van der Waals surface area contributed by atoms with Crippen molar-refractivity contribution < 1.29 is 9.90 Å². The summed E-state index contributed by atoms with van der Waals surface area (Å²) >= 11 is 1.41. The molecule has 1 aromatic carbocycles. The Labute approximate surface area is 131 Å². The van der Waals surface area contributed by atoms with Crippen molar-refractivity contribution in [3.05, 3.63) is 45.7 Å². The molecule has 2 heterocycles. The number of thioether (sulfide) groups is 1. The molecule has 0 radical (unpaired) electrons.